The maximum Gasteiger partial charge on any atom is 0.337 e. The molecule has 1 heterocycles. The third-order valence-electron chi connectivity index (χ3n) is 5.31. The van der Waals surface area contributed by atoms with Crippen molar-refractivity contribution in [3.05, 3.63) is 77.6 Å². The summed E-state index contributed by atoms with van der Waals surface area (Å²) in [5.74, 6) is -0.327. The number of esters is 1. The molecule has 7 nitrogen and oxygen atoms in total. The molecule has 184 valence electrons. The molecular formula is C27H34O7. The van der Waals surface area contributed by atoms with Crippen LogP contribution in [0.5, 0.6) is 5.75 Å². The zero-order valence-electron chi connectivity index (χ0n) is 20.1. The van der Waals surface area contributed by atoms with E-state index >= 15 is 0 Å². The van der Waals surface area contributed by atoms with Gasteiger partial charge in [0.2, 0.25) is 5.79 Å². The van der Waals surface area contributed by atoms with Gasteiger partial charge in [0.25, 0.3) is 0 Å². The van der Waals surface area contributed by atoms with Gasteiger partial charge in [0.1, 0.15) is 11.5 Å². The molecule has 1 aliphatic heterocycles. The molecule has 0 bridgehead atoms. The maximum atomic E-state index is 11.8. The first kappa shape index (κ1) is 25.7. The van der Waals surface area contributed by atoms with Crippen LogP contribution in [0.1, 0.15) is 44.2 Å². The summed E-state index contributed by atoms with van der Waals surface area (Å²) in [7, 11) is 1.63. The zero-order valence-corrected chi connectivity index (χ0v) is 20.1. The van der Waals surface area contributed by atoms with Gasteiger partial charge in [-0.05, 0) is 29.7 Å². The van der Waals surface area contributed by atoms with E-state index in [0.29, 0.717) is 38.4 Å². The Morgan fingerprint density at radius 3 is 2.35 bits per heavy atom. The maximum absolute atomic E-state index is 11.8. The van der Waals surface area contributed by atoms with Gasteiger partial charge < -0.3 is 28.8 Å². The molecule has 0 aliphatic carbocycles. The highest BCUT2D eigenvalue weighted by Gasteiger charge is 2.31. The van der Waals surface area contributed by atoms with Crippen LogP contribution in [0.2, 0.25) is 0 Å². The molecule has 0 unspecified atom stereocenters. The van der Waals surface area contributed by atoms with Crippen LogP contribution >= 0.6 is 0 Å². The van der Waals surface area contributed by atoms with Gasteiger partial charge in [0, 0.05) is 33.3 Å². The van der Waals surface area contributed by atoms with Gasteiger partial charge in [-0.15, -0.1) is 0 Å². The molecule has 7 heteroatoms. The van der Waals surface area contributed by atoms with Crippen LogP contribution < -0.4 is 4.74 Å². The van der Waals surface area contributed by atoms with Crippen molar-refractivity contribution in [3.63, 3.8) is 0 Å². The van der Waals surface area contributed by atoms with E-state index in [9.17, 15) is 9.90 Å². The third-order valence-corrected chi connectivity index (χ3v) is 5.31. The summed E-state index contributed by atoms with van der Waals surface area (Å²) in [4.78, 5) is 11.8. The molecule has 2 aromatic carbocycles. The summed E-state index contributed by atoms with van der Waals surface area (Å²) in [5.41, 5.74) is 2.11. The number of ether oxygens (including phenoxy) is 5. The van der Waals surface area contributed by atoms with Crippen LogP contribution in [0.15, 0.2) is 66.4 Å². The second-order valence-electron chi connectivity index (χ2n) is 8.74. The van der Waals surface area contributed by atoms with Crippen LogP contribution in [0.25, 0.3) is 0 Å². The Morgan fingerprint density at radius 2 is 1.68 bits per heavy atom. The average Bonchev–Trinajstić information content (AvgIpc) is 2.79. The van der Waals surface area contributed by atoms with Gasteiger partial charge in [-0.25, -0.2) is 4.79 Å². The standard InChI is InChI=1S/C27H34O7/c1-27(2)33-25(17-26(29)34-27)16-22(28)15-24(13-14-31-18-20-7-5-4-6-8-20)32-19-21-9-11-23(30-3)12-10-21/h4-12,17,22,24,28H,13-16,18-19H2,1-3H3/t22-,24-/m0/s1. The molecule has 0 amide bonds. The van der Waals surface area contributed by atoms with Crippen molar-refractivity contribution in [2.75, 3.05) is 13.7 Å². The van der Waals surface area contributed by atoms with E-state index in [1.54, 1.807) is 21.0 Å². The fourth-order valence-electron chi connectivity index (χ4n) is 3.67. The highest BCUT2D eigenvalue weighted by Crippen LogP contribution is 2.26. The van der Waals surface area contributed by atoms with E-state index < -0.39 is 17.9 Å². The molecule has 3 rings (SSSR count). The Labute approximate surface area is 201 Å². The summed E-state index contributed by atoms with van der Waals surface area (Å²) >= 11 is 0. The number of carbonyl (C=O) groups excluding carboxylic acids is 1. The highest BCUT2D eigenvalue weighted by molar-refractivity contribution is 5.83. The normalized spacial score (nSPS) is 16.7. The minimum atomic E-state index is -1.05. The average molecular weight is 471 g/mol. The number of cyclic esters (lactones) is 1. The molecule has 1 N–H and O–H groups in total. The minimum absolute atomic E-state index is 0.200. The highest BCUT2D eigenvalue weighted by atomic mass is 16.7. The molecule has 2 atom stereocenters. The van der Waals surface area contributed by atoms with Crippen molar-refractivity contribution in [3.8, 4) is 5.75 Å². The lowest BCUT2D eigenvalue weighted by Crippen LogP contribution is -2.35. The molecule has 0 fully saturated rings. The number of methoxy groups -OCH3 is 1. The minimum Gasteiger partial charge on any atom is -0.497 e. The lowest BCUT2D eigenvalue weighted by molar-refractivity contribution is -0.206. The van der Waals surface area contributed by atoms with Gasteiger partial charge in [-0.2, -0.15) is 0 Å². The summed E-state index contributed by atoms with van der Waals surface area (Å²) < 4.78 is 28.0. The number of hydrogen-bond acceptors (Lipinski definition) is 7. The molecule has 0 saturated carbocycles. The first-order valence-electron chi connectivity index (χ1n) is 11.5. The van der Waals surface area contributed by atoms with E-state index in [1.165, 1.54) is 6.08 Å². The summed E-state index contributed by atoms with van der Waals surface area (Å²) in [6, 6.07) is 17.7. The summed E-state index contributed by atoms with van der Waals surface area (Å²) in [6.07, 6.45) is 1.49. The van der Waals surface area contributed by atoms with E-state index in [-0.39, 0.29) is 12.5 Å². The third kappa shape index (κ3) is 8.82. The molecular weight excluding hydrogens is 436 g/mol. The molecule has 0 spiro atoms. The molecule has 0 radical (unpaired) electrons. The first-order chi connectivity index (χ1) is 16.3. The molecule has 0 saturated heterocycles. The monoisotopic (exact) mass is 470 g/mol. The van der Waals surface area contributed by atoms with Gasteiger partial charge in [-0.1, -0.05) is 42.5 Å². The number of aliphatic hydroxyl groups excluding tert-OH is 1. The van der Waals surface area contributed by atoms with Crippen LogP contribution in [0, 0.1) is 0 Å². The number of benzene rings is 2. The number of carbonyl (C=O) groups is 1. The largest absolute Gasteiger partial charge is 0.497 e. The molecule has 1 aliphatic rings. The topological polar surface area (TPSA) is 83.5 Å². The zero-order chi connectivity index (χ0) is 24.4. The second kappa shape index (κ2) is 12.6. The summed E-state index contributed by atoms with van der Waals surface area (Å²) in [6.45, 7) is 4.74. The Bertz CT molecular complexity index is 922. The molecule has 34 heavy (non-hydrogen) atoms. The molecule has 2 aromatic rings. The summed E-state index contributed by atoms with van der Waals surface area (Å²) in [5, 5.41) is 10.7. The Kier molecular flexibility index (Phi) is 9.51. The van der Waals surface area contributed by atoms with E-state index in [2.05, 4.69) is 0 Å². The van der Waals surface area contributed by atoms with E-state index in [0.717, 1.165) is 16.9 Å². The van der Waals surface area contributed by atoms with Crippen molar-refractivity contribution in [2.24, 2.45) is 0 Å². The smallest absolute Gasteiger partial charge is 0.337 e. The number of rotatable bonds is 13. The predicted octanol–water partition coefficient (Wildman–Crippen LogP) is 4.52. The van der Waals surface area contributed by atoms with E-state index in [1.807, 2.05) is 54.6 Å². The van der Waals surface area contributed by atoms with Gasteiger partial charge in [-0.3, -0.25) is 0 Å². The SMILES string of the molecule is COc1ccc(CO[C@@H](CCOCc2ccccc2)C[C@H](O)CC2=CC(=O)OC(C)(C)O2)cc1. The van der Waals surface area contributed by atoms with Crippen molar-refractivity contribution < 1.29 is 33.6 Å². The van der Waals surface area contributed by atoms with Crippen molar-refractivity contribution in [1.82, 2.24) is 0 Å². The lowest BCUT2D eigenvalue weighted by atomic mass is 10.0. The van der Waals surface area contributed by atoms with E-state index in [4.69, 9.17) is 23.7 Å². The Hall–Kier alpha value is -2.87. The fraction of sp³-hybridized carbons (Fsp3) is 0.444. The van der Waals surface area contributed by atoms with Crippen molar-refractivity contribution in [2.45, 2.75) is 64.3 Å². The van der Waals surface area contributed by atoms with Crippen molar-refractivity contribution in [1.29, 1.82) is 0 Å². The van der Waals surface area contributed by atoms with Crippen LogP contribution in [0.4, 0.5) is 0 Å². The Morgan fingerprint density at radius 1 is 0.971 bits per heavy atom. The lowest BCUT2D eigenvalue weighted by Gasteiger charge is -2.31. The van der Waals surface area contributed by atoms with Crippen molar-refractivity contribution >= 4 is 5.97 Å². The van der Waals surface area contributed by atoms with Crippen LogP contribution in [0.3, 0.4) is 0 Å². The Balaban J connectivity index is 1.54. The predicted molar refractivity (Wildman–Crippen MR) is 127 cm³/mol. The van der Waals surface area contributed by atoms with Gasteiger partial charge in [0.05, 0.1) is 38.6 Å². The molecule has 0 aromatic heterocycles. The van der Waals surface area contributed by atoms with Crippen LogP contribution in [-0.2, 0) is 37.0 Å². The van der Waals surface area contributed by atoms with Crippen LogP contribution in [-0.4, -0.2) is 42.8 Å². The van der Waals surface area contributed by atoms with Gasteiger partial charge in [0.15, 0.2) is 0 Å². The second-order valence-corrected chi connectivity index (χ2v) is 8.74. The number of aliphatic hydroxyl groups is 1. The quantitative estimate of drug-likeness (QED) is 0.340. The van der Waals surface area contributed by atoms with Gasteiger partial charge >= 0.3 is 5.97 Å². The number of hydrogen-bond donors (Lipinski definition) is 1. The fourth-order valence-corrected chi connectivity index (χ4v) is 3.67. The first-order valence-corrected chi connectivity index (χ1v) is 11.5.